The number of aryl methyl sites for hydroxylation is 1. The van der Waals surface area contributed by atoms with Crippen LogP contribution in [0.25, 0.3) is 0 Å². The average Bonchev–Trinajstić information content (AvgIpc) is 3.20. The smallest absolute Gasteiger partial charge is 0.321 e. The zero-order valence-corrected chi connectivity index (χ0v) is 16.8. The van der Waals surface area contributed by atoms with Crippen LogP contribution in [0.15, 0.2) is 24.3 Å². The maximum atomic E-state index is 12.6. The number of rotatable bonds is 3. The lowest BCUT2D eigenvalue weighted by Crippen LogP contribution is -2.54. The highest BCUT2D eigenvalue weighted by molar-refractivity contribution is 5.89. The molecule has 0 saturated carbocycles. The van der Waals surface area contributed by atoms with E-state index in [0.29, 0.717) is 6.42 Å². The van der Waals surface area contributed by atoms with Crippen molar-refractivity contribution in [3.8, 4) is 0 Å². The largest absolute Gasteiger partial charge is 0.376 e. The third-order valence-corrected chi connectivity index (χ3v) is 6.61. The number of amides is 3. The van der Waals surface area contributed by atoms with E-state index >= 15 is 0 Å². The highest BCUT2D eigenvalue weighted by Gasteiger charge is 2.42. The van der Waals surface area contributed by atoms with Gasteiger partial charge in [-0.1, -0.05) is 17.7 Å². The second kappa shape index (κ2) is 8.11. The molecule has 1 aromatic rings. The number of piperidine rings is 2. The molecule has 4 rings (SSSR count). The maximum Gasteiger partial charge on any atom is 0.321 e. The highest BCUT2D eigenvalue weighted by Crippen LogP contribution is 2.40. The zero-order chi connectivity index (χ0) is 19.6. The molecule has 0 aromatic heterocycles. The quantitative estimate of drug-likeness (QED) is 0.867. The first kappa shape index (κ1) is 19.2. The van der Waals surface area contributed by atoms with Gasteiger partial charge in [0.15, 0.2) is 0 Å². The molecule has 6 nitrogen and oxygen atoms in total. The van der Waals surface area contributed by atoms with Crippen molar-refractivity contribution in [1.82, 2.24) is 9.80 Å². The van der Waals surface area contributed by atoms with E-state index in [2.05, 4.69) is 5.32 Å². The van der Waals surface area contributed by atoms with Crippen molar-refractivity contribution in [3.05, 3.63) is 29.8 Å². The number of anilines is 1. The van der Waals surface area contributed by atoms with Gasteiger partial charge in [-0.05, 0) is 56.6 Å². The fourth-order valence-corrected chi connectivity index (χ4v) is 4.73. The SMILES string of the molecule is Cc1ccc(NC(=O)N2CCC3(CCC(=O)N(C[C@H]4CCCO4)C3)CC2)cc1. The van der Waals surface area contributed by atoms with Gasteiger partial charge >= 0.3 is 6.03 Å². The summed E-state index contributed by atoms with van der Waals surface area (Å²) in [6.45, 7) is 5.91. The van der Waals surface area contributed by atoms with Crippen molar-refractivity contribution in [2.75, 3.05) is 38.1 Å². The lowest BCUT2D eigenvalue weighted by molar-refractivity contribution is -0.140. The van der Waals surface area contributed by atoms with Gasteiger partial charge < -0.3 is 19.9 Å². The number of ether oxygens (including phenoxy) is 1. The van der Waals surface area contributed by atoms with Gasteiger partial charge in [-0.2, -0.15) is 0 Å². The summed E-state index contributed by atoms with van der Waals surface area (Å²) in [4.78, 5) is 28.9. The Kier molecular flexibility index (Phi) is 5.58. The van der Waals surface area contributed by atoms with E-state index in [1.807, 2.05) is 41.0 Å². The molecule has 1 aromatic carbocycles. The van der Waals surface area contributed by atoms with Crippen LogP contribution in [0.5, 0.6) is 0 Å². The summed E-state index contributed by atoms with van der Waals surface area (Å²) >= 11 is 0. The summed E-state index contributed by atoms with van der Waals surface area (Å²) in [5.41, 5.74) is 2.17. The van der Waals surface area contributed by atoms with Crippen LogP contribution in [0.4, 0.5) is 10.5 Å². The third-order valence-electron chi connectivity index (χ3n) is 6.61. The van der Waals surface area contributed by atoms with Gasteiger partial charge in [0.05, 0.1) is 6.10 Å². The van der Waals surface area contributed by atoms with Gasteiger partial charge in [-0.15, -0.1) is 0 Å². The van der Waals surface area contributed by atoms with Crippen LogP contribution in [0.1, 0.15) is 44.1 Å². The monoisotopic (exact) mass is 385 g/mol. The molecule has 3 amide bonds. The first-order valence-electron chi connectivity index (χ1n) is 10.6. The molecular formula is C22H31N3O3. The summed E-state index contributed by atoms with van der Waals surface area (Å²) in [7, 11) is 0. The van der Waals surface area contributed by atoms with Crippen LogP contribution in [-0.2, 0) is 9.53 Å². The number of benzene rings is 1. The maximum absolute atomic E-state index is 12.6. The van der Waals surface area contributed by atoms with Crippen molar-refractivity contribution < 1.29 is 14.3 Å². The van der Waals surface area contributed by atoms with Gasteiger partial charge in [0.1, 0.15) is 0 Å². The normalized spacial score (nSPS) is 24.6. The van der Waals surface area contributed by atoms with E-state index < -0.39 is 0 Å². The Morgan fingerprint density at radius 3 is 2.64 bits per heavy atom. The van der Waals surface area contributed by atoms with E-state index in [1.54, 1.807) is 0 Å². The summed E-state index contributed by atoms with van der Waals surface area (Å²) in [6.07, 6.45) is 5.86. The van der Waals surface area contributed by atoms with E-state index in [-0.39, 0.29) is 23.5 Å². The zero-order valence-electron chi connectivity index (χ0n) is 16.8. The van der Waals surface area contributed by atoms with Gasteiger partial charge in [-0.3, -0.25) is 4.79 Å². The van der Waals surface area contributed by atoms with Crippen molar-refractivity contribution in [3.63, 3.8) is 0 Å². The summed E-state index contributed by atoms with van der Waals surface area (Å²) in [5, 5.41) is 3.00. The summed E-state index contributed by atoms with van der Waals surface area (Å²) < 4.78 is 5.74. The Balaban J connectivity index is 1.31. The minimum absolute atomic E-state index is 0.0261. The molecule has 1 atom stereocenters. The number of nitrogens with one attached hydrogen (secondary N) is 1. The lowest BCUT2D eigenvalue weighted by Gasteiger charge is -2.47. The van der Waals surface area contributed by atoms with Crippen molar-refractivity contribution >= 4 is 17.6 Å². The van der Waals surface area contributed by atoms with Crippen LogP contribution in [0.2, 0.25) is 0 Å². The molecule has 0 radical (unpaired) electrons. The molecule has 3 aliphatic rings. The van der Waals surface area contributed by atoms with E-state index in [0.717, 1.165) is 70.6 Å². The Hall–Kier alpha value is -2.08. The van der Waals surface area contributed by atoms with Crippen molar-refractivity contribution in [2.45, 2.75) is 51.6 Å². The summed E-state index contributed by atoms with van der Waals surface area (Å²) in [5.74, 6) is 0.265. The molecule has 28 heavy (non-hydrogen) atoms. The molecule has 0 unspecified atom stereocenters. The number of nitrogens with zero attached hydrogens (tertiary/aromatic N) is 2. The summed E-state index contributed by atoms with van der Waals surface area (Å²) in [6, 6.07) is 7.86. The molecule has 152 valence electrons. The number of hydrogen-bond donors (Lipinski definition) is 1. The molecule has 1 N–H and O–H groups in total. The Labute approximate surface area is 167 Å². The number of urea groups is 1. The van der Waals surface area contributed by atoms with Crippen LogP contribution < -0.4 is 5.32 Å². The number of likely N-dealkylation sites (tertiary alicyclic amines) is 2. The Morgan fingerprint density at radius 1 is 1.21 bits per heavy atom. The second-order valence-electron chi connectivity index (χ2n) is 8.69. The predicted molar refractivity (Wildman–Crippen MR) is 108 cm³/mol. The number of carbonyl (C=O) groups excluding carboxylic acids is 2. The number of carbonyl (C=O) groups is 2. The Morgan fingerprint density at radius 2 is 1.96 bits per heavy atom. The predicted octanol–water partition coefficient (Wildman–Crippen LogP) is 3.41. The minimum atomic E-state index is -0.0261. The van der Waals surface area contributed by atoms with Crippen LogP contribution in [0.3, 0.4) is 0 Å². The van der Waals surface area contributed by atoms with Crippen molar-refractivity contribution in [1.29, 1.82) is 0 Å². The topological polar surface area (TPSA) is 61.9 Å². The molecule has 0 bridgehead atoms. The Bertz CT molecular complexity index is 704. The number of hydrogen-bond acceptors (Lipinski definition) is 3. The van der Waals surface area contributed by atoms with Gasteiger partial charge in [0.25, 0.3) is 0 Å². The van der Waals surface area contributed by atoms with Crippen LogP contribution in [-0.4, -0.2) is 60.6 Å². The molecule has 3 saturated heterocycles. The molecule has 1 spiro atoms. The molecule has 3 fully saturated rings. The van der Waals surface area contributed by atoms with E-state index in [4.69, 9.17) is 4.74 Å². The average molecular weight is 386 g/mol. The van der Waals surface area contributed by atoms with Gasteiger partial charge in [-0.25, -0.2) is 4.79 Å². The van der Waals surface area contributed by atoms with Gasteiger partial charge in [0.2, 0.25) is 5.91 Å². The molecule has 3 heterocycles. The molecule has 0 aliphatic carbocycles. The third kappa shape index (κ3) is 4.32. The fourth-order valence-electron chi connectivity index (χ4n) is 4.73. The molecule has 6 heteroatoms. The van der Waals surface area contributed by atoms with Crippen LogP contribution >= 0.6 is 0 Å². The first-order valence-corrected chi connectivity index (χ1v) is 10.6. The molecular weight excluding hydrogens is 354 g/mol. The molecule has 3 aliphatic heterocycles. The highest BCUT2D eigenvalue weighted by atomic mass is 16.5. The van der Waals surface area contributed by atoms with E-state index in [1.165, 1.54) is 5.56 Å². The fraction of sp³-hybridized carbons (Fsp3) is 0.636. The standard InChI is InChI=1S/C22H31N3O3/c1-17-4-6-18(7-5-17)23-21(27)24-12-10-22(11-13-24)9-8-20(26)25(16-22)15-19-3-2-14-28-19/h4-7,19H,2-3,8-16H2,1H3,(H,23,27)/t19-/m1/s1. The van der Waals surface area contributed by atoms with Crippen molar-refractivity contribution in [2.24, 2.45) is 5.41 Å². The lowest BCUT2D eigenvalue weighted by atomic mass is 9.72. The van der Waals surface area contributed by atoms with E-state index in [9.17, 15) is 9.59 Å². The second-order valence-corrected chi connectivity index (χ2v) is 8.69. The van der Waals surface area contributed by atoms with Crippen LogP contribution in [0, 0.1) is 12.3 Å². The minimum Gasteiger partial charge on any atom is -0.376 e. The van der Waals surface area contributed by atoms with Gasteiger partial charge in [0, 0.05) is 44.9 Å². The first-order chi connectivity index (χ1) is 13.5.